The van der Waals surface area contributed by atoms with Crippen molar-refractivity contribution in [1.82, 2.24) is 4.90 Å². The highest BCUT2D eigenvalue weighted by Crippen LogP contribution is 2.09. The van der Waals surface area contributed by atoms with E-state index in [0.717, 1.165) is 4.90 Å². The quantitative estimate of drug-likeness (QED) is 0.568. The molecule has 0 aliphatic rings. The minimum Gasteiger partial charge on any atom is -0.481 e. The van der Waals surface area contributed by atoms with Crippen molar-refractivity contribution >= 4 is 18.5 Å². The van der Waals surface area contributed by atoms with Gasteiger partial charge >= 0.3 is 12.1 Å². The number of unbranched alkanes of at least 4 members (excludes halogenated alkanes) is 1. The lowest BCUT2D eigenvalue weighted by atomic mass is 10.2. The molecule has 0 atom stereocenters. The molecule has 0 aliphatic heterocycles. The molecular weight excluding hydrogens is 226 g/mol. The number of carbonyl (C=O) groups is 3. The molecule has 0 rings (SSSR count). The smallest absolute Gasteiger partial charge is 0.416 e. The van der Waals surface area contributed by atoms with Gasteiger partial charge in [-0.25, -0.2) is 4.79 Å². The average molecular weight is 245 g/mol. The Morgan fingerprint density at radius 1 is 1.29 bits per heavy atom. The van der Waals surface area contributed by atoms with Crippen molar-refractivity contribution in [3.05, 3.63) is 0 Å². The van der Waals surface area contributed by atoms with Crippen LogP contribution in [0.25, 0.3) is 0 Å². The van der Waals surface area contributed by atoms with Crippen molar-refractivity contribution in [1.29, 1.82) is 0 Å². The number of carbonyl (C=O) groups excluding carboxylic acids is 2. The highest BCUT2D eigenvalue weighted by Gasteiger charge is 2.21. The highest BCUT2D eigenvalue weighted by atomic mass is 16.6. The predicted octanol–water partition coefficient (Wildman–Crippen LogP) is 1.63. The molecular formula is C11H19NO5. The minimum atomic E-state index is -0.889. The molecule has 0 spiro atoms. The fraction of sp³-hybridized carbons (Fsp3) is 0.727. The first kappa shape index (κ1) is 15.4. The van der Waals surface area contributed by atoms with Crippen LogP contribution < -0.4 is 0 Å². The zero-order chi connectivity index (χ0) is 13.5. The molecule has 0 heterocycles. The number of imide groups is 1. The maximum absolute atomic E-state index is 11.5. The molecule has 0 aromatic carbocycles. The summed E-state index contributed by atoms with van der Waals surface area (Å²) in [4.78, 5) is 33.3. The van der Waals surface area contributed by atoms with Crippen molar-refractivity contribution < 1.29 is 24.2 Å². The number of hydrogen-bond donors (Lipinski definition) is 1. The predicted molar refractivity (Wildman–Crippen MR) is 60.5 cm³/mol. The second kappa shape index (κ2) is 6.88. The number of carboxylic acids is 1. The molecule has 0 radical (unpaired) electrons. The Bertz CT molecular complexity index is 282. The molecule has 17 heavy (non-hydrogen) atoms. The van der Waals surface area contributed by atoms with Crippen molar-refractivity contribution in [2.24, 2.45) is 0 Å². The number of rotatable bonds is 6. The van der Waals surface area contributed by atoms with E-state index in [0.29, 0.717) is 19.3 Å². The molecule has 6 nitrogen and oxygen atoms in total. The van der Waals surface area contributed by atoms with E-state index in [4.69, 9.17) is 9.84 Å². The molecule has 0 saturated heterocycles. The topological polar surface area (TPSA) is 83.9 Å². The molecule has 0 unspecified atom stereocenters. The molecule has 0 saturated carbocycles. The molecule has 2 amide bonds. The third-order valence-electron chi connectivity index (χ3n) is 1.79. The van der Waals surface area contributed by atoms with E-state index in [-0.39, 0.29) is 13.0 Å². The Morgan fingerprint density at radius 3 is 2.29 bits per heavy atom. The summed E-state index contributed by atoms with van der Waals surface area (Å²) < 4.78 is 5.01. The number of nitrogens with zero attached hydrogens (tertiary/aromatic N) is 1. The summed E-state index contributed by atoms with van der Waals surface area (Å²) >= 11 is 0. The number of aliphatic carboxylic acids is 1. The molecule has 0 aliphatic carbocycles. The summed E-state index contributed by atoms with van der Waals surface area (Å²) in [6.07, 6.45) is 0.589. The zero-order valence-corrected chi connectivity index (χ0v) is 10.4. The summed E-state index contributed by atoms with van der Waals surface area (Å²) in [6.45, 7) is 5.29. The normalized spacial score (nSPS) is 10.8. The second-order valence-electron chi connectivity index (χ2n) is 4.63. The van der Waals surface area contributed by atoms with Gasteiger partial charge in [0.05, 0.1) is 0 Å². The van der Waals surface area contributed by atoms with Gasteiger partial charge in [0, 0.05) is 13.0 Å². The van der Waals surface area contributed by atoms with Crippen LogP contribution in [0.1, 0.15) is 40.0 Å². The SMILES string of the molecule is CC(C)(C)OC(=O)N(C=O)CCCCC(=O)O. The molecule has 0 bridgehead atoms. The Labute approximate surface area is 101 Å². The Kier molecular flexibility index (Phi) is 6.23. The van der Waals surface area contributed by atoms with Crippen molar-refractivity contribution in [2.75, 3.05) is 6.54 Å². The van der Waals surface area contributed by atoms with Crippen LogP contribution in [0.4, 0.5) is 4.79 Å². The van der Waals surface area contributed by atoms with Crippen molar-refractivity contribution in [3.8, 4) is 0 Å². The maximum atomic E-state index is 11.5. The summed E-state index contributed by atoms with van der Waals surface area (Å²) in [7, 11) is 0. The number of carboxylic acid groups (broad SMARTS) is 1. The first-order valence-electron chi connectivity index (χ1n) is 5.43. The number of ether oxygens (including phenoxy) is 1. The molecule has 98 valence electrons. The lowest BCUT2D eigenvalue weighted by Crippen LogP contribution is -2.36. The van der Waals surface area contributed by atoms with Crippen LogP contribution in [0.2, 0.25) is 0 Å². The van der Waals surface area contributed by atoms with E-state index in [1.54, 1.807) is 20.8 Å². The molecule has 6 heteroatoms. The molecule has 0 aromatic rings. The van der Waals surface area contributed by atoms with Crippen LogP contribution in [-0.2, 0) is 14.3 Å². The summed E-state index contributed by atoms with van der Waals surface area (Å²) in [5.74, 6) is -0.889. The number of amides is 2. The van der Waals surface area contributed by atoms with E-state index in [9.17, 15) is 14.4 Å². The maximum Gasteiger partial charge on any atom is 0.416 e. The van der Waals surface area contributed by atoms with Gasteiger partial charge in [0.1, 0.15) is 5.60 Å². The largest absolute Gasteiger partial charge is 0.481 e. The van der Waals surface area contributed by atoms with Crippen LogP contribution in [0.5, 0.6) is 0 Å². The minimum absolute atomic E-state index is 0.0288. The monoisotopic (exact) mass is 245 g/mol. The third kappa shape index (κ3) is 8.24. The van der Waals surface area contributed by atoms with Crippen LogP contribution in [-0.4, -0.2) is 40.6 Å². The van der Waals surface area contributed by atoms with Crippen LogP contribution in [0.3, 0.4) is 0 Å². The summed E-state index contributed by atoms with van der Waals surface area (Å²) in [6, 6.07) is 0. The standard InChI is InChI=1S/C11H19NO5/c1-11(2,3)17-10(16)12(8-13)7-5-4-6-9(14)15/h8H,4-7H2,1-3H3,(H,14,15). The van der Waals surface area contributed by atoms with E-state index in [1.165, 1.54) is 0 Å². The van der Waals surface area contributed by atoms with E-state index in [2.05, 4.69) is 0 Å². The van der Waals surface area contributed by atoms with Gasteiger partial charge in [0.15, 0.2) is 0 Å². The van der Waals surface area contributed by atoms with Gasteiger partial charge in [0.2, 0.25) is 6.41 Å². The Balaban J connectivity index is 4.02. The molecule has 1 N–H and O–H groups in total. The lowest BCUT2D eigenvalue weighted by Gasteiger charge is -2.23. The van der Waals surface area contributed by atoms with Gasteiger partial charge in [0.25, 0.3) is 0 Å². The van der Waals surface area contributed by atoms with Gasteiger partial charge in [-0.15, -0.1) is 0 Å². The number of hydrogen-bond acceptors (Lipinski definition) is 4. The second-order valence-corrected chi connectivity index (χ2v) is 4.63. The lowest BCUT2D eigenvalue weighted by molar-refractivity contribution is -0.137. The van der Waals surface area contributed by atoms with E-state index in [1.807, 2.05) is 0 Å². The van der Waals surface area contributed by atoms with Gasteiger partial charge in [-0.3, -0.25) is 14.5 Å². The van der Waals surface area contributed by atoms with Gasteiger partial charge in [-0.2, -0.15) is 0 Å². The van der Waals surface area contributed by atoms with Gasteiger partial charge < -0.3 is 9.84 Å². The Morgan fingerprint density at radius 2 is 1.88 bits per heavy atom. The third-order valence-corrected chi connectivity index (χ3v) is 1.79. The van der Waals surface area contributed by atoms with Crippen molar-refractivity contribution in [2.45, 2.75) is 45.6 Å². The van der Waals surface area contributed by atoms with E-state index < -0.39 is 17.7 Å². The summed E-state index contributed by atoms with van der Waals surface area (Å²) in [5.41, 5.74) is -0.653. The van der Waals surface area contributed by atoms with Gasteiger partial charge in [-0.05, 0) is 33.6 Å². The zero-order valence-electron chi connectivity index (χ0n) is 10.4. The highest BCUT2D eigenvalue weighted by molar-refractivity contribution is 5.80. The first-order chi connectivity index (χ1) is 7.76. The fourth-order valence-electron chi connectivity index (χ4n) is 1.07. The summed E-state index contributed by atoms with van der Waals surface area (Å²) in [5, 5.41) is 8.42. The van der Waals surface area contributed by atoms with E-state index >= 15 is 0 Å². The fourth-order valence-corrected chi connectivity index (χ4v) is 1.07. The van der Waals surface area contributed by atoms with Crippen molar-refractivity contribution in [3.63, 3.8) is 0 Å². The van der Waals surface area contributed by atoms with Crippen LogP contribution in [0, 0.1) is 0 Å². The van der Waals surface area contributed by atoms with Gasteiger partial charge in [-0.1, -0.05) is 0 Å². The molecule has 0 aromatic heterocycles. The Hall–Kier alpha value is -1.59. The van der Waals surface area contributed by atoms with Crippen LogP contribution in [0.15, 0.2) is 0 Å². The average Bonchev–Trinajstić information content (AvgIpc) is 2.14. The first-order valence-corrected chi connectivity index (χ1v) is 5.43. The van der Waals surface area contributed by atoms with Crippen LogP contribution >= 0.6 is 0 Å². The molecule has 0 fully saturated rings.